The normalized spacial score (nSPS) is 21.3. The van der Waals surface area contributed by atoms with Crippen molar-refractivity contribution in [2.45, 2.75) is 31.2 Å². The first-order valence-corrected chi connectivity index (χ1v) is 7.45. The Bertz CT molecular complexity index is 754. The van der Waals surface area contributed by atoms with Gasteiger partial charge in [0.1, 0.15) is 11.6 Å². The number of carboxylic acid groups (broad SMARTS) is 1. The summed E-state index contributed by atoms with van der Waals surface area (Å²) in [7, 11) is 0. The molecule has 1 saturated heterocycles. The smallest absolute Gasteiger partial charge is 0.407 e. The number of rotatable bonds is 3. The summed E-state index contributed by atoms with van der Waals surface area (Å²) < 4.78 is 18.5. The maximum absolute atomic E-state index is 13.3. The van der Waals surface area contributed by atoms with Crippen LogP contribution in [0.4, 0.5) is 9.18 Å². The van der Waals surface area contributed by atoms with Gasteiger partial charge in [-0.05, 0) is 37.0 Å². The van der Waals surface area contributed by atoms with E-state index in [1.807, 2.05) is 0 Å². The van der Waals surface area contributed by atoms with Crippen LogP contribution in [0.1, 0.15) is 30.1 Å². The molecule has 1 fully saturated rings. The number of piperidine rings is 1. The van der Waals surface area contributed by atoms with E-state index in [0.717, 1.165) is 5.56 Å². The molecule has 2 N–H and O–H groups in total. The summed E-state index contributed by atoms with van der Waals surface area (Å²) in [5.41, 5.74) is 0.444. The average Bonchev–Trinajstić information content (AvgIpc) is 2.93. The summed E-state index contributed by atoms with van der Waals surface area (Å²) in [5.74, 6) is 0.181. The molecule has 2 heterocycles. The van der Waals surface area contributed by atoms with Crippen LogP contribution in [-0.2, 0) is 6.42 Å². The first-order chi connectivity index (χ1) is 11.0. The minimum Gasteiger partial charge on any atom is -0.465 e. The standard InChI is InChI=1S/C16H17FN2O4/c17-12-3-1-2-10(6-12)7-13-8-11(4-5-19(13)16(21)22)14-9-15(20)18-23-14/h1-3,6,9,11,13H,4-5,7-8H2,(H,18,20)(H,21,22). The molecule has 2 aromatic rings. The predicted molar refractivity (Wildman–Crippen MR) is 79.9 cm³/mol. The lowest BCUT2D eigenvalue weighted by atomic mass is 9.86. The van der Waals surface area contributed by atoms with Crippen molar-refractivity contribution in [1.29, 1.82) is 0 Å². The molecule has 6 nitrogen and oxygen atoms in total. The summed E-state index contributed by atoms with van der Waals surface area (Å²) in [6.07, 6.45) is 0.561. The molecular formula is C16H17FN2O4. The van der Waals surface area contributed by atoms with E-state index in [2.05, 4.69) is 5.16 Å². The zero-order valence-electron chi connectivity index (χ0n) is 12.4. The van der Waals surface area contributed by atoms with Gasteiger partial charge in [-0.1, -0.05) is 12.1 Å². The third kappa shape index (κ3) is 3.44. The minimum atomic E-state index is -0.986. The number of nitrogens with one attached hydrogen (secondary N) is 1. The maximum Gasteiger partial charge on any atom is 0.407 e. The topological polar surface area (TPSA) is 86.5 Å². The van der Waals surface area contributed by atoms with Gasteiger partial charge in [-0.25, -0.2) is 9.18 Å². The molecular weight excluding hydrogens is 303 g/mol. The first-order valence-electron chi connectivity index (χ1n) is 7.45. The molecule has 0 bridgehead atoms. The molecule has 23 heavy (non-hydrogen) atoms. The molecule has 3 rings (SSSR count). The Morgan fingerprint density at radius 3 is 2.91 bits per heavy atom. The van der Waals surface area contributed by atoms with Crippen LogP contribution in [-0.4, -0.2) is 33.8 Å². The highest BCUT2D eigenvalue weighted by atomic mass is 19.1. The van der Waals surface area contributed by atoms with Gasteiger partial charge in [0, 0.05) is 24.6 Å². The lowest BCUT2D eigenvalue weighted by Crippen LogP contribution is -2.46. The summed E-state index contributed by atoms with van der Waals surface area (Å²) in [5, 5.41) is 11.6. The van der Waals surface area contributed by atoms with Gasteiger partial charge in [-0.15, -0.1) is 0 Å². The van der Waals surface area contributed by atoms with E-state index in [1.54, 1.807) is 12.1 Å². The molecule has 122 valence electrons. The Morgan fingerprint density at radius 1 is 1.43 bits per heavy atom. The highest BCUT2D eigenvalue weighted by Gasteiger charge is 2.33. The van der Waals surface area contributed by atoms with Crippen molar-refractivity contribution in [2.24, 2.45) is 0 Å². The molecule has 0 spiro atoms. The summed E-state index contributed by atoms with van der Waals surface area (Å²) in [4.78, 5) is 24.0. The second-order valence-electron chi connectivity index (χ2n) is 5.80. The number of carbonyl (C=O) groups is 1. The van der Waals surface area contributed by atoms with Gasteiger partial charge >= 0.3 is 6.09 Å². The molecule has 0 saturated carbocycles. The molecule has 1 aromatic carbocycles. The molecule has 1 aliphatic heterocycles. The third-order valence-electron chi connectivity index (χ3n) is 4.27. The molecule has 7 heteroatoms. The zero-order chi connectivity index (χ0) is 16.4. The van der Waals surface area contributed by atoms with E-state index < -0.39 is 6.09 Å². The number of amides is 1. The number of benzene rings is 1. The van der Waals surface area contributed by atoms with Gasteiger partial charge in [0.2, 0.25) is 0 Å². The highest BCUT2D eigenvalue weighted by molar-refractivity contribution is 5.65. The van der Waals surface area contributed by atoms with Crippen LogP contribution in [0, 0.1) is 5.82 Å². The molecule has 2 atom stereocenters. The molecule has 1 amide bonds. The number of halogens is 1. The van der Waals surface area contributed by atoms with Crippen molar-refractivity contribution >= 4 is 6.09 Å². The van der Waals surface area contributed by atoms with E-state index in [9.17, 15) is 19.1 Å². The Morgan fingerprint density at radius 2 is 2.26 bits per heavy atom. The van der Waals surface area contributed by atoms with Crippen molar-refractivity contribution in [2.75, 3.05) is 6.54 Å². The van der Waals surface area contributed by atoms with Crippen molar-refractivity contribution in [3.05, 3.63) is 57.8 Å². The van der Waals surface area contributed by atoms with Crippen LogP contribution < -0.4 is 5.56 Å². The van der Waals surface area contributed by atoms with Crippen LogP contribution in [0.3, 0.4) is 0 Å². The predicted octanol–water partition coefficient (Wildman–Crippen LogP) is 2.58. The summed E-state index contributed by atoms with van der Waals surface area (Å²) >= 11 is 0. The number of aromatic nitrogens is 1. The second-order valence-corrected chi connectivity index (χ2v) is 5.80. The van der Waals surface area contributed by atoms with Crippen molar-refractivity contribution < 1.29 is 18.8 Å². The Balaban J connectivity index is 1.80. The molecule has 1 aliphatic rings. The molecule has 0 radical (unpaired) electrons. The summed E-state index contributed by atoms with van der Waals surface area (Å²) in [6.45, 7) is 0.356. The monoisotopic (exact) mass is 320 g/mol. The number of hydrogen-bond donors (Lipinski definition) is 2. The fourth-order valence-corrected chi connectivity index (χ4v) is 3.19. The average molecular weight is 320 g/mol. The number of aromatic amines is 1. The van der Waals surface area contributed by atoms with Crippen molar-refractivity contribution in [3.8, 4) is 0 Å². The fraction of sp³-hybridized carbons (Fsp3) is 0.375. The van der Waals surface area contributed by atoms with E-state index in [1.165, 1.54) is 23.1 Å². The quantitative estimate of drug-likeness (QED) is 0.910. The Hall–Kier alpha value is -2.57. The summed E-state index contributed by atoms with van der Waals surface area (Å²) in [6, 6.07) is 7.29. The van der Waals surface area contributed by atoms with Crippen LogP contribution in [0.5, 0.6) is 0 Å². The van der Waals surface area contributed by atoms with Crippen molar-refractivity contribution in [1.82, 2.24) is 10.1 Å². The van der Waals surface area contributed by atoms with Gasteiger partial charge in [0.25, 0.3) is 5.56 Å². The Labute approximate surface area is 131 Å². The molecule has 2 unspecified atom stereocenters. The van der Waals surface area contributed by atoms with E-state index in [-0.39, 0.29) is 23.3 Å². The van der Waals surface area contributed by atoms with E-state index in [0.29, 0.717) is 31.6 Å². The number of hydrogen-bond acceptors (Lipinski definition) is 3. The van der Waals surface area contributed by atoms with Gasteiger partial charge < -0.3 is 14.5 Å². The lowest BCUT2D eigenvalue weighted by Gasteiger charge is -2.37. The van der Waals surface area contributed by atoms with Crippen LogP contribution in [0.15, 0.2) is 39.6 Å². The zero-order valence-corrected chi connectivity index (χ0v) is 12.4. The van der Waals surface area contributed by atoms with Gasteiger partial charge in [0.15, 0.2) is 0 Å². The van der Waals surface area contributed by atoms with Crippen LogP contribution in [0.25, 0.3) is 0 Å². The SMILES string of the molecule is O=C(O)N1CCC(c2cc(=O)[nH]o2)CC1Cc1cccc(F)c1. The van der Waals surface area contributed by atoms with E-state index >= 15 is 0 Å². The number of H-pyrrole nitrogens is 1. The maximum atomic E-state index is 13.3. The highest BCUT2D eigenvalue weighted by Crippen LogP contribution is 2.32. The lowest BCUT2D eigenvalue weighted by molar-refractivity contribution is 0.0968. The third-order valence-corrected chi connectivity index (χ3v) is 4.27. The largest absolute Gasteiger partial charge is 0.465 e. The first kappa shape index (κ1) is 15.3. The molecule has 1 aromatic heterocycles. The second kappa shape index (κ2) is 6.28. The van der Waals surface area contributed by atoms with Gasteiger partial charge in [-0.2, -0.15) is 5.16 Å². The Kier molecular flexibility index (Phi) is 4.18. The fourth-order valence-electron chi connectivity index (χ4n) is 3.19. The van der Waals surface area contributed by atoms with E-state index in [4.69, 9.17) is 4.52 Å². The van der Waals surface area contributed by atoms with Crippen LogP contribution >= 0.6 is 0 Å². The van der Waals surface area contributed by atoms with Gasteiger partial charge in [0.05, 0.1) is 0 Å². The van der Waals surface area contributed by atoms with Gasteiger partial charge in [-0.3, -0.25) is 4.79 Å². The molecule has 0 aliphatic carbocycles. The number of likely N-dealkylation sites (tertiary alicyclic amines) is 1. The van der Waals surface area contributed by atoms with Crippen molar-refractivity contribution in [3.63, 3.8) is 0 Å². The van der Waals surface area contributed by atoms with Crippen LogP contribution in [0.2, 0.25) is 0 Å². The number of nitrogens with zero attached hydrogens (tertiary/aromatic N) is 1. The minimum absolute atomic E-state index is 0.0249.